The zero-order chi connectivity index (χ0) is 17.9. The third kappa shape index (κ3) is 4.61. The number of carboxylic acids is 1. The molecule has 0 aliphatic heterocycles. The van der Waals surface area contributed by atoms with Crippen molar-refractivity contribution in [1.29, 1.82) is 0 Å². The fourth-order valence-corrected chi connectivity index (χ4v) is 3.01. The summed E-state index contributed by atoms with van der Waals surface area (Å²) >= 11 is 17.8. The smallest absolute Gasteiger partial charge is 0.320 e. The highest BCUT2D eigenvalue weighted by molar-refractivity contribution is 6.42. The van der Waals surface area contributed by atoms with Gasteiger partial charge >= 0.3 is 5.97 Å². The standard InChI is InChI=1S/C16H13Cl3N2O3/c17-9-6-11(18)14(12(19)7-9)15(22)21-10-3-1-8(2-4-10)5-13(20)16(23)24/h1-4,6-7,13H,5,20H2,(H,21,22)(H,23,24)/t13-/m0/s1. The van der Waals surface area contributed by atoms with Crippen molar-refractivity contribution in [3.63, 3.8) is 0 Å². The quantitative estimate of drug-likeness (QED) is 0.726. The van der Waals surface area contributed by atoms with E-state index in [4.69, 9.17) is 45.6 Å². The minimum Gasteiger partial charge on any atom is -0.480 e. The molecule has 0 spiro atoms. The molecule has 0 saturated heterocycles. The molecule has 2 aromatic carbocycles. The van der Waals surface area contributed by atoms with Crippen LogP contribution < -0.4 is 11.1 Å². The van der Waals surface area contributed by atoms with Gasteiger partial charge in [0.15, 0.2) is 0 Å². The maximum atomic E-state index is 12.3. The molecule has 0 heterocycles. The van der Waals surface area contributed by atoms with Crippen LogP contribution >= 0.6 is 34.8 Å². The third-order valence-electron chi connectivity index (χ3n) is 3.22. The first kappa shape index (κ1) is 18.5. The van der Waals surface area contributed by atoms with Gasteiger partial charge in [-0.25, -0.2) is 0 Å². The number of anilines is 1. The second-order valence-electron chi connectivity index (χ2n) is 5.04. The monoisotopic (exact) mass is 386 g/mol. The Hall–Kier alpha value is -1.79. The molecule has 1 amide bonds. The molecule has 126 valence electrons. The Morgan fingerprint density at radius 1 is 1.08 bits per heavy atom. The number of carbonyl (C=O) groups excluding carboxylic acids is 1. The van der Waals surface area contributed by atoms with E-state index in [0.717, 1.165) is 5.56 Å². The summed E-state index contributed by atoms with van der Waals surface area (Å²) in [5, 5.41) is 12.1. The predicted molar refractivity (Wildman–Crippen MR) is 95.2 cm³/mol. The van der Waals surface area contributed by atoms with Crippen LogP contribution in [0.4, 0.5) is 5.69 Å². The highest BCUT2D eigenvalue weighted by Crippen LogP contribution is 2.29. The summed E-state index contributed by atoms with van der Waals surface area (Å²) in [4.78, 5) is 23.0. The first-order chi connectivity index (χ1) is 11.3. The molecule has 24 heavy (non-hydrogen) atoms. The van der Waals surface area contributed by atoms with Crippen LogP contribution in [0.2, 0.25) is 15.1 Å². The molecule has 0 unspecified atom stereocenters. The van der Waals surface area contributed by atoms with Gasteiger partial charge in [-0.2, -0.15) is 0 Å². The van der Waals surface area contributed by atoms with Gasteiger partial charge in [0.1, 0.15) is 6.04 Å². The summed E-state index contributed by atoms with van der Waals surface area (Å²) in [7, 11) is 0. The average Bonchev–Trinajstić information content (AvgIpc) is 2.48. The molecular formula is C16H13Cl3N2O3. The minimum absolute atomic E-state index is 0.125. The Morgan fingerprint density at radius 3 is 2.12 bits per heavy atom. The molecule has 0 bridgehead atoms. The molecule has 0 aliphatic rings. The van der Waals surface area contributed by atoms with Gasteiger partial charge in [0.25, 0.3) is 5.91 Å². The molecule has 1 atom stereocenters. The molecule has 0 saturated carbocycles. The van der Waals surface area contributed by atoms with Crippen molar-refractivity contribution in [2.24, 2.45) is 5.73 Å². The number of aliphatic carboxylic acids is 1. The van der Waals surface area contributed by atoms with E-state index in [2.05, 4.69) is 5.32 Å². The Balaban J connectivity index is 2.11. The zero-order valence-electron chi connectivity index (χ0n) is 12.2. The van der Waals surface area contributed by atoms with Gasteiger partial charge in [0.05, 0.1) is 15.6 Å². The Labute approximate surface area is 153 Å². The van der Waals surface area contributed by atoms with Gasteiger partial charge in [-0.15, -0.1) is 0 Å². The molecule has 0 aliphatic carbocycles. The molecule has 8 heteroatoms. The van der Waals surface area contributed by atoms with Crippen molar-refractivity contribution in [3.05, 3.63) is 62.6 Å². The zero-order valence-corrected chi connectivity index (χ0v) is 14.5. The summed E-state index contributed by atoms with van der Waals surface area (Å²) < 4.78 is 0. The number of benzene rings is 2. The van der Waals surface area contributed by atoms with E-state index in [1.807, 2.05) is 0 Å². The number of rotatable bonds is 5. The van der Waals surface area contributed by atoms with Crippen LogP contribution in [0.25, 0.3) is 0 Å². The summed E-state index contributed by atoms with van der Waals surface area (Å²) in [6, 6.07) is 8.53. The number of halogens is 3. The van der Waals surface area contributed by atoms with Gasteiger partial charge < -0.3 is 16.2 Å². The lowest BCUT2D eigenvalue weighted by atomic mass is 10.1. The Morgan fingerprint density at radius 2 is 1.62 bits per heavy atom. The molecule has 5 nitrogen and oxygen atoms in total. The second-order valence-corrected chi connectivity index (χ2v) is 6.30. The third-order valence-corrected chi connectivity index (χ3v) is 4.03. The van der Waals surface area contributed by atoms with E-state index in [1.165, 1.54) is 12.1 Å². The van der Waals surface area contributed by atoms with Crippen molar-refractivity contribution in [2.75, 3.05) is 5.32 Å². The predicted octanol–water partition coefficient (Wildman–Crippen LogP) is 3.85. The summed E-state index contributed by atoms with van der Waals surface area (Å²) in [5.41, 5.74) is 6.85. The van der Waals surface area contributed by atoms with Crippen LogP contribution in [-0.2, 0) is 11.2 Å². The van der Waals surface area contributed by atoms with E-state index in [-0.39, 0.29) is 22.0 Å². The van der Waals surface area contributed by atoms with Crippen LogP contribution in [0, 0.1) is 0 Å². The normalized spacial score (nSPS) is 11.8. The van der Waals surface area contributed by atoms with Crippen molar-refractivity contribution >= 4 is 52.4 Å². The fourth-order valence-electron chi connectivity index (χ4n) is 2.02. The number of hydrogen-bond donors (Lipinski definition) is 3. The Bertz CT molecular complexity index is 756. The largest absolute Gasteiger partial charge is 0.480 e. The summed E-state index contributed by atoms with van der Waals surface area (Å²) in [5.74, 6) is -1.55. The van der Waals surface area contributed by atoms with Crippen molar-refractivity contribution in [1.82, 2.24) is 0 Å². The molecule has 2 aromatic rings. The molecule has 0 aromatic heterocycles. The number of nitrogens with two attached hydrogens (primary N) is 1. The highest BCUT2D eigenvalue weighted by atomic mass is 35.5. The number of carbonyl (C=O) groups is 2. The lowest BCUT2D eigenvalue weighted by Crippen LogP contribution is -2.32. The summed E-state index contributed by atoms with van der Waals surface area (Å²) in [6.45, 7) is 0. The molecule has 4 N–H and O–H groups in total. The van der Waals surface area contributed by atoms with Gasteiger partial charge in [-0.3, -0.25) is 9.59 Å². The van der Waals surface area contributed by atoms with E-state index >= 15 is 0 Å². The highest BCUT2D eigenvalue weighted by Gasteiger charge is 2.16. The van der Waals surface area contributed by atoms with Crippen LogP contribution in [-0.4, -0.2) is 23.0 Å². The van der Waals surface area contributed by atoms with E-state index < -0.39 is 17.9 Å². The maximum absolute atomic E-state index is 12.3. The number of carboxylic acid groups (broad SMARTS) is 1. The number of hydrogen-bond acceptors (Lipinski definition) is 3. The fraction of sp³-hybridized carbons (Fsp3) is 0.125. The second kappa shape index (κ2) is 7.85. The maximum Gasteiger partial charge on any atom is 0.320 e. The lowest BCUT2D eigenvalue weighted by molar-refractivity contribution is -0.138. The molecular weight excluding hydrogens is 375 g/mol. The van der Waals surface area contributed by atoms with Crippen LogP contribution in [0.15, 0.2) is 36.4 Å². The van der Waals surface area contributed by atoms with Crippen LogP contribution in [0.1, 0.15) is 15.9 Å². The molecule has 0 fully saturated rings. The van der Waals surface area contributed by atoms with E-state index in [0.29, 0.717) is 10.7 Å². The number of nitrogens with one attached hydrogen (secondary N) is 1. The summed E-state index contributed by atoms with van der Waals surface area (Å²) in [6.07, 6.45) is 0.193. The van der Waals surface area contributed by atoms with Gasteiger partial charge in [-0.1, -0.05) is 46.9 Å². The van der Waals surface area contributed by atoms with Gasteiger partial charge in [0, 0.05) is 10.7 Å². The first-order valence-electron chi connectivity index (χ1n) is 6.81. The average molecular weight is 388 g/mol. The van der Waals surface area contributed by atoms with Gasteiger partial charge in [0.2, 0.25) is 0 Å². The molecule has 0 radical (unpaired) electrons. The van der Waals surface area contributed by atoms with Crippen molar-refractivity contribution < 1.29 is 14.7 Å². The topological polar surface area (TPSA) is 92.4 Å². The number of amides is 1. The van der Waals surface area contributed by atoms with Crippen LogP contribution in [0.5, 0.6) is 0 Å². The molecule has 2 rings (SSSR count). The van der Waals surface area contributed by atoms with E-state index in [9.17, 15) is 9.59 Å². The Kier molecular flexibility index (Phi) is 6.07. The van der Waals surface area contributed by atoms with Crippen molar-refractivity contribution in [2.45, 2.75) is 12.5 Å². The van der Waals surface area contributed by atoms with Crippen LogP contribution in [0.3, 0.4) is 0 Å². The first-order valence-corrected chi connectivity index (χ1v) is 7.94. The van der Waals surface area contributed by atoms with Crippen molar-refractivity contribution in [3.8, 4) is 0 Å². The minimum atomic E-state index is -1.07. The SMILES string of the molecule is N[C@@H](Cc1ccc(NC(=O)c2c(Cl)cc(Cl)cc2Cl)cc1)C(=O)O. The lowest BCUT2D eigenvalue weighted by Gasteiger charge is -2.10. The van der Waals surface area contributed by atoms with Gasteiger partial charge in [-0.05, 0) is 36.2 Å². The van der Waals surface area contributed by atoms with E-state index in [1.54, 1.807) is 24.3 Å².